The van der Waals surface area contributed by atoms with Crippen molar-refractivity contribution in [3.05, 3.63) is 33.8 Å². The first-order valence-electron chi connectivity index (χ1n) is 3.83. The van der Waals surface area contributed by atoms with Gasteiger partial charge in [-0.25, -0.2) is 0 Å². The predicted molar refractivity (Wildman–Crippen MR) is 52.8 cm³/mol. The van der Waals surface area contributed by atoms with E-state index in [0.717, 1.165) is 10.0 Å². The van der Waals surface area contributed by atoms with E-state index in [9.17, 15) is 0 Å². The van der Waals surface area contributed by atoms with Gasteiger partial charge in [-0.05, 0) is 24.1 Å². The SMILES string of the molecule is N#CCCc1ccc(Br)cc1C#N. The van der Waals surface area contributed by atoms with E-state index in [1.165, 1.54) is 0 Å². The van der Waals surface area contributed by atoms with Gasteiger partial charge in [-0.1, -0.05) is 22.0 Å². The molecule has 0 heterocycles. The minimum absolute atomic E-state index is 0.455. The van der Waals surface area contributed by atoms with Crippen molar-refractivity contribution in [1.82, 2.24) is 0 Å². The summed E-state index contributed by atoms with van der Waals surface area (Å²) in [7, 11) is 0. The zero-order valence-corrected chi connectivity index (χ0v) is 8.50. The summed E-state index contributed by atoms with van der Waals surface area (Å²) in [4.78, 5) is 0. The number of nitrogens with zero attached hydrogens (tertiary/aromatic N) is 2. The number of hydrogen-bond acceptors (Lipinski definition) is 2. The third-order valence-corrected chi connectivity index (χ3v) is 2.19. The normalized spacial score (nSPS) is 8.85. The van der Waals surface area contributed by atoms with Crippen LogP contribution in [0.2, 0.25) is 0 Å². The average Bonchev–Trinajstić information content (AvgIpc) is 2.16. The Bertz CT molecular complexity index is 385. The summed E-state index contributed by atoms with van der Waals surface area (Å²) in [6.07, 6.45) is 1.10. The Morgan fingerprint density at radius 3 is 2.69 bits per heavy atom. The standard InChI is InChI=1S/C10H7BrN2/c11-10-4-3-8(2-1-5-12)9(6-10)7-13/h3-4,6H,1-2H2. The molecule has 0 spiro atoms. The van der Waals surface area contributed by atoms with Crippen molar-refractivity contribution >= 4 is 15.9 Å². The molecule has 0 unspecified atom stereocenters. The van der Waals surface area contributed by atoms with E-state index in [0.29, 0.717) is 18.4 Å². The summed E-state index contributed by atoms with van der Waals surface area (Å²) in [5.74, 6) is 0. The van der Waals surface area contributed by atoms with Crippen molar-refractivity contribution in [2.24, 2.45) is 0 Å². The molecule has 0 amide bonds. The first-order chi connectivity index (χ1) is 6.27. The molecule has 0 atom stereocenters. The lowest BCUT2D eigenvalue weighted by atomic mass is 10.0. The van der Waals surface area contributed by atoms with Gasteiger partial charge in [-0.2, -0.15) is 10.5 Å². The van der Waals surface area contributed by atoms with Crippen LogP contribution < -0.4 is 0 Å². The van der Waals surface area contributed by atoms with Crippen LogP contribution in [0.3, 0.4) is 0 Å². The topological polar surface area (TPSA) is 47.6 Å². The van der Waals surface area contributed by atoms with E-state index in [1.807, 2.05) is 12.1 Å². The number of halogens is 1. The monoisotopic (exact) mass is 234 g/mol. The Balaban J connectivity index is 2.96. The Kier molecular flexibility index (Phi) is 3.49. The van der Waals surface area contributed by atoms with Gasteiger partial charge in [0.25, 0.3) is 0 Å². The second kappa shape index (κ2) is 4.64. The van der Waals surface area contributed by atoms with E-state index in [-0.39, 0.29) is 0 Å². The van der Waals surface area contributed by atoms with Crippen LogP contribution in [0.1, 0.15) is 17.5 Å². The van der Waals surface area contributed by atoms with Crippen molar-refractivity contribution in [2.75, 3.05) is 0 Å². The molecule has 3 heteroatoms. The Hall–Kier alpha value is -1.32. The fraction of sp³-hybridized carbons (Fsp3) is 0.200. The molecule has 2 nitrogen and oxygen atoms in total. The van der Waals surface area contributed by atoms with Crippen molar-refractivity contribution in [2.45, 2.75) is 12.8 Å². The van der Waals surface area contributed by atoms with Crippen molar-refractivity contribution in [3.63, 3.8) is 0 Å². The Morgan fingerprint density at radius 1 is 1.31 bits per heavy atom. The summed E-state index contributed by atoms with van der Waals surface area (Å²) in [6.45, 7) is 0. The first-order valence-corrected chi connectivity index (χ1v) is 4.62. The molecule has 13 heavy (non-hydrogen) atoms. The molecule has 0 aliphatic carbocycles. The zero-order valence-electron chi connectivity index (χ0n) is 6.92. The maximum absolute atomic E-state index is 8.79. The molecule has 0 aliphatic rings. The summed E-state index contributed by atoms with van der Waals surface area (Å²) < 4.78 is 0.893. The highest BCUT2D eigenvalue weighted by Gasteiger charge is 2.01. The molecule has 0 saturated carbocycles. The molecule has 0 saturated heterocycles. The molecular formula is C10H7BrN2. The fourth-order valence-electron chi connectivity index (χ4n) is 1.06. The molecule has 0 aliphatic heterocycles. The van der Waals surface area contributed by atoms with Crippen LogP contribution in [-0.2, 0) is 6.42 Å². The largest absolute Gasteiger partial charge is 0.198 e. The summed E-state index contributed by atoms with van der Waals surface area (Å²) in [5, 5.41) is 17.2. The van der Waals surface area contributed by atoms with E-state index in [2.05, 4.69) is 28.1 Å². The number of hydrogen-bond donors (Lipinski definition) is 0. The lowest BCUT2D eigenvalue weighted by Gasteiger charge is -2.00. The van der Waals surface area contributed by atoms with Crippen molar-refractivity contribution in [1.29, 1.82) is 10.5 Å². The Morgan fingerprint density at radius 2 is 2.08 bits per heavy atom. The van der Waals surface area contributed by atoms with Crippen molar-refractivity contribution in [3.8, 4) is 12.1 Å². The van der Waals surface area contributed by atoms with Crippen LogP contribution in [-0.4, -0.2) is 0 Å². The van der Waals surface area contributed by atoms with Crippen LogP contribution in [0.4, 0.5) is 0 Å². The maximum atomic E-state index is 8.79. The lowest BCUT2D eigenvalue weighted by molar-refractivity contribution is 1.00. The first kappa shape index (κ1) is 9.77. The highest BCUT2D eigenvalue weighted by Crippen LogP contribution is 2.16. The molecule has 64 valence electrons. The predicted octanol–water partition coefficient (Wildman–Crippen LogP) is 2.78. The van der Waals surface area contributed by atoms with E-state index >= 15 is 0 Å². The minimum atomic E-state index is 0.455. The molecule has 0 fully saturated rings. The van der Waals surface area contributed by atoms with Crippen molar-refractivity contribution < 1.29 is 0 Å². The average molecular weight is 235 g/mol. The highest BCUT2D eigenvalue weighted by molar-refractivity contribution is 9.10. The van der Waals surface area contributed by atoms with Gasteiger partial charge in [0, 0.05) is 10.9 Å². The molecule has 0 radical (unpaired) electrons. The van der Waals surface area contributed by atoms with Gasteiger partial charge < -0.3 is 0 Å². The maximum Gasteiger partial charge on any atom is 0.0994 e. The smallest absolute Gasteiger partial charge is 0.0994 e. The summed E-state index contributed by atoms with van der Waals surface area (Å²) in [6, 6.07) is 9.69. The number of aryl methyl sites for hydroxylation is 1. The number of nitriles is 2. The van der Waals surface area contributed by atoms with E-state index in [4.69, 9.17) is 10.5 Å². The highest BCUT2D eigenvalue weighted by atomic mass is 79.9. The van der Waals surface area contributed by atoms with E-state index in [1.54, 1.807) is 6.07 Å². The van der Waals surface area contributed by atoms with Crippen LogP contribution in [0.25, 0.3) is 0 Å². The summed E-state index contributed by atoms with van der Waals surface area (Å²) >= 11 is 3.29. The fourth-order valence-corrected chi connectivity index (χ4v) is 1.42. The van der Waals surface area contributed by atoms with Gasteiger partial charge in [-0.15, -0.1) is 0 Å². The minimum Gasteiger partial charge on any atom is -0.198 e. The quantitative estimate of drug-likeness (QED) is 0.791. The molecule has 1 aromatic rings. The van der Waals surface area contributed by atoms with Crippen LogP contribution in [0.5, 0.6) is 0 Å². The van der Waals surface area contributed by atoms with Crippen LogP contribution >= 0.6 is 15.9 Å². The summed E-state index contributed by atoms with van der Waals surface area (Å²) in [5.41, 5.74) is 1.58. The van der Waals surface area contributed by atoms with Gasteiger partial charge >= 0.3 is 0 Å². The van der Waals surface area contributed by atoms with Crippen LogP contribution in [0, 0.1) is 22.7 Å². The molecule has 1 aromatic carbocycles. The van der Waals surface area contributed by atoms with E-state index < -0.39 is 0 Å². The molecule has 0 aromatic heterocycles. The Labute approximate surface area is 85.5 Å². The lowest BCUT2D eigenvalue weighted by Crippen LogP contribution is -1.89. The molecule has 1 rings (SSSR count). The second-order valence-electron chi connectivity index (χ2n) is 2.57. The molecule has 0 N–H and O–H groups in total. The third kappa shape index (κ3) is 2.57. The van der Waals surface area contributed by atoms with Gasteiger partial charge in [-0.3, -0.25) is 0 Å². The molecular weight excluding hydrogens is 228 g/mol. The zero-order chi connectivity index (χ0) is 9.68. The molecule has 0 bridgehead atoms. The van der Waals surface area contributed by atoms with Gasteiger partial charge in [0.1, 0.15) is 0 Å². The second-order valence-corrected chi connectivity index (χ2v) is 3.49. The third-order valence-electron chi connectivity index (χ3n) is 1.70. The number of benzene rings is 1. The number of rotatable bonds is 2. The van der Waals surface area contributed by atoms with Gasteiger partial charge in [0.15, 0.2) is 0 Å². The van der Waals surface area contributed by atoms with Crippen LogP contribution in [0.15, 0.2) is 22.7 Å². The van der Waals surface area contributed by atoms with Gasteiger partial charge in [0.2, 0.25) is 0 Å². The van der Waals surface area contributed by atoms with Gasteiger partial charge in [0.05, 0.1) is 17.7 Å².